The summed E-state index contributed by atoms with van der Waals surface area (Å²) in [6, 6.07) is 18.9. The van der Waals surface area contributed by atoms with E-state index in [1.807, 2.05) is 12.1 Å². The van der Waals surface area contributed by atoms with Crippen molar-refractivity contribution in [2.45, 2.75) is 15.8 Å². The molecule has 168 valence electrons. The van der Waals surface area contributed by atoms with Crippen molar-refractivity contribution in [2.75, 3.05) is 0 Å². The number of primary sulfonamides is 1. The fourth-order valence-electron chi connectivity index (χ4n) is 3.16. The topological polar surface area (TPSA) is 154 Å². The summed E-state index contributed by atoms with van der Waals surface area (Å²) in [5.74, 6) is 0.429. The van der Waals surface area contributed by atoms with Crippen molar-refractivity contribution in [1.29, 1.82) is 5.41 Å². The number of nitrogens with zero attached hydrogens (tertiary/aromatic N) is 4. The summed E-state index contributed by atoms with van der Waals surface area (Å²) in [6.45, 7) is 0. The normalized spacial score (nSPS) is 11.5. The maximum absolute atomic E-state index is 11.9. The summed E-state index contributed by atoms with van der Waals surface area (Å²) < 4.78 is 25.4. The number of amidine groups is 1. The first-order valence-corrected chi connectivity index (χ1v) is 12.4. The third kappa shape index (κ3) is 5.06. The molecule has 0 saturated carbocycles. The Bertz CT molecular complexity index is 1450. The highest BCUT2D eigenvalue weighted by atomic mass is 35.5. The molecule has 0 spiro atoms. The van der Waals surface area contributed by atoms with E-state index in [0.29, 0.717) is 38.3 Å². The number of halogens is 1. The van der Waals surface area contributed by atoms with E-state index < -0.39 is 10.0 Å². The van der Waals surface area contributed by atoms with Gasteiger partial charge in [-0.3, -0.25) is 5.41 Å². The molecule has 0 aliphatic carbocycles. The molecule has 0 amide bonds. The number of aromatic nitrogens is 4. The van der Waals surface area contributed by atoms with E-state index in [1.54, 1.807) is 53.2 Å². The van der Waals surface area contributed by atoms with Gasteiger partial charge in [0.25, 0.3) is 0 Å². The monoisotopic (exact) mass is 499 g/mol. The lowest BCUT2D eigenvalue weighted by atomic mass is 10.0. The molecule has 5 N–H and O–H groups in total. The minimum Gasteiger partial charge on any atom is -0.384 e. The van der Waals surface area contributed by atoms with Gasteiger partial charge in [0.2, 0.25) is 15.2 Å². The van der Waals surface area contributed by atoms with Crippen molar-refractivity contribution < 1.29 is 8.42 Å². The molecular weight excluding hydrogens is 482 g/mol. The van der Waals surface area contributed by atoms with Gasteiger partial charge in [0.05, 0.1) is 10.6 Å². The molecule has 1 aromatic heterocycles. The van der Waals surface area contributed by atoms with Gasteiger partial charge < -0.3 is 5.73 Å². The Morgan fingerprint density at radius 1 is 1.09 bits per heavy atom. The molecule has 3 aromatic carbocycles. The molecule has 0 aliphatic heterocycles. The fourth-order valence-corrected chi connectivity index (χ4v) is 5.15. The van der Waals surface area contributed by atoms with E-state index in [1.165, 1.54) is 17.8 Å². The van der Waals surface area contributed by atoms with Crippen LogP contribution in [0.15, 0.2) is 76.8 Å². The molecule has 1 heterocycles. The lowest BCUT2D eigenvalue weighted by Crippen LogP contribution is -2.13. The van der Waals surface area contributed by atoms with Crippen LogP contribution in [0.1, 0.15) is 11.1 Å². The van der Waals surface area contributed by atoms with Crippen LogP contribution in [0.3, 0.4) is 0 Å². The predicted octanol–water partition coefficient (Wildman–Crippen LogP) is 3.21. The van der Waals surface area contributed by atoms with Gasteiger partial charge >= 0.3 is 0 Å². The van der Waals surface area contributed by atoms with Crippen molar-refractivity contribution in [2.24, 2.45) is 10.9 Å². The highest BCUT2D eigenvalue weighted by Crippen LogP contribution is 2.32. The zero-order valence-corrected chi connectivity index (χ0v) is 19.4. The number of hydrogen-bond donors (Lipinski definition) is 3. The number of rotatable bonds is 7. The maximum atomic E-state index is 11.9. The van der Waals surface area contributed by atoms with E-state index in [0.717, 1.165) is 5.56 Å². The van der Waals surface area contributed by atoms with Crippen LogP contribution in [-0.2, 0) is 15.8 Å². The second-order valence-electron chi connectivity index (χ2n) is 6.97. The van der Waals surface area contributed by atoms with Gasteiger partial charge in [-0.2, -0.15) is 4.68 Å². The number of tetrazole rings is 1. The summed E-state index contributed by atoms with van der Waals surface area (Å²) in [7, 11) is -3.88. The van der Waals surface area contributed by atoms with E-state index in [4.69, 9.17) is 27.9 Å². The van der Waals surface area contributed by atoms with E-state index in [2.05, 4.69) is 15.5 Å². The summed E-state index contributed by atoms with van der Waals surface area (Å²) in [5.41, 5.74) is 8.77. The van der Waals surface area contributed by atoms with Crippen LogP contribution >= 0.6 is 23.4 Å². The van der Waals surface area contributed by atoms with Crippen LogP contribution in [0.5, 0.6) is 0 Å². The number of sulfonamides is 1. The Morgan fingerprint density at radius 3 is 2.61 bits per heavy atom. The molecule has 9 nitrogen and oxygen atoms in total. The zero-order valence-electron chi connectivity index (χ0n) is 17.0. The highest BCUT2D eigenvalue weighted by molar-refractivity contribution is 7.98. The fraction of sp³-hybridized carbons (Fsp3) is 0.0476. The van der Waals surface area contributed by atoms with E-state index >= 15 is 0 Å². The minimum atomic E-state index is -3.88. The Hall–Kier alpha value is -3.25. The van der Waals surface area contributed by atoms with Crippen molar-refractivity contribution in [3.05, 3.63) is 82.9 Å². The molecule has 0 radical (unpaired) electrons. The third-order valence-electron chi connectivity index (χ3n) is 4.76. The number of nitrogens with two attached hydrogens (primary N) is 2. The smallest absolute Gasteiger partial charge is 0.238 e. The minimum absolute atomic E-state index is 0.0372. The van der Waals surface area contributed by atoms with Gasteiger partial charge in [-0.15, -0.1) is 5.10 Å². The Morgan fingerprint density at radius 2 is 1.88 bits per heavy atom. The quantitative estimate of drug-likeness (QED) is 0.200. The molecule has 33 heavy (non-hydrogen) atoms. The summed E-state index contributed by atoms with van der Waals surface area (Å²) in [4.78, 5) is 0.0372. The van der Waals surface area contributed by atoms with Crippen LogP contribution in [0.25, 0.3) is 16.8 Å². The summed E-state index contributed by atoms with van der Waals surface area (Å²) in [5, 5.41) is 25.8. The number of nitrogen functional groups attached to an aromatic ring is 1. The predicted molar refractivity (Wildman–Crippen MR) is 128 cm³/mol. The van der Waals surface area contributed by atoms with Gasteiger partial charge in [-0.25, -0.2) is 13.6 Å². The number of hydrogen-bond acceptors (Lipinski definition) is 7. The lowest BCUT2D eigenvalue weighted by molar-refractivity contribution is 0.598. The van der Waals surface area contributed by atoms with E-state index in [-0.39, 0.29) is 10.7 Å². The largest absolute Gasteiger partial charge is 0.384 e. The third-order valence-corrected chi connectivity index (χ3v) is 7.05. The van der Waals surface area contributed by atoms with Crippen LogP contribution in [0.2, 0.25) is 5.02 Å². The second kappa shape index (κ2) is 9.32. The van der Waals surface area contributed by atoms with Crippen molar-refractivity contribution in [3.63, 3.8) is 0 Å². The van der Waals surface area contributed by atoms with Gasteiger partial charge in [-0.1, -0.05) is 65.8 Å². The Labute approximate surface area is 199 Å². The number of nitrogens with one attached hydrogen (secondary N) is 1. The summed E-state index contributed by atoms with van der Waals surface area (Å²) in [6.07, 6.45) is 0. The molecule has 0 aliphatic rings. The molecule has 4 rings (SSSR count). The maximum Gasteiger partial charge on any atom is 0.238 e. The van der Waals surface area contributed by atoms with Gasteiger partial charge in [0, 0.05) is 21.9 Å². The molecule has 0 fully saturated rings. The SMILES string of the molecule is N=C(N)c1cccc(-n2nnnc2SCc2ccc(-c3ccccc3S(N)(=O)=O)cc2Cl)c1. The van der Waals surface area contributed by atoms with Crippen LogP contribution in [0, 0.1) is 5.41 Å². The standard InChI is InChI=1S/C21H18ClN7O2S2/c22-18-11-13(17-6-1-2-7-19(17)33(25,30)31)8-9-15(18)12-32-21-26-27-28-29(21)16-5-3-4-14(10-16)20(23)24/h1-11H,12H2,(H3,23,24)(H2,25,30,31). The van der Waals surface area contributed by atoms with Gasteiger partial charge in [0.15, 0.2) is 0 Å². The molecular formula is C21H18ClN7O2S2. The van der Waals surface area contributed by atoms with Crippen LogP contribution in [-0.4, -0.2) is 34.5 Å². The number of benzene rings is 3. The molecule has 4 aromatic rings. The van der Waals surface area contributed by atoms with Crippen LogP contribution in [0.4, 0.5) is 0 Å². The van der Waals surface area contributed by atoms with Crippen molar-refractivity contribution >= 4 is 39.2 Å². The van der Waals surface area contributed by atoms with Crippen LogP contribution < -0.4 is 10.9 Å². The first-order valence-electron chi connectivity index (χ1n) is 9.50. The Kier molecular flexibility index (Phi) is 6.47. The Balaban J connectivity index is 1.57. The molecule has 12 heteroatoms. The molecule has 0 atom stereocenters. The number of thioether (sulfide) groups is 1. The molecule has 0 unspecified atom stereocenters. The molecule has 0 saturated heterocycles. The zero-order chi connectivity index (χ0) is 23.6. The van der Waals surface area contributed by atoms with E-state index in [9.17, 15) is 8.42 Å². The first-order chi connectivity index (χ1) is 15.7. The molecule has 0 bridgehead atoms. The van der Waals surface area contributed by atoms with Crippen molar-refractivity contribution in [3.8, 4) is 16.8 Å². The van der Waals surface area contributed by atoms with Gasteiger partial charge in [0.1, 0.15) is 5.84 Å². The average Bonchev–Trinajstić information content (AvgIpc) is 3.26. The average molecular weight is 500 g/mol. The highest BCUT2D eigenvalue weighted by Gasteiger charge is 2.16. The van der Waals surface area contributed by atoms with Crippen molar-refractivity contribution in [1.82, 2.24) is 20.2 Å². The lowest BCUT2D eigenvalue weighted by Gasteiger charge is -2.11. The second-order valence-corrected chi connectivity index (χ2v) is 9.85. The summed E-state index contributed by atoms with van der Waals surface area (Å²) >= 11 is 7.89. The first kappa shape index (κ1) is 22.9. The van der Waals surface area contributed by atoms with Gasteiger partial charge in [-0.05, 0) is 45.8 Å².